The highest BCUT2D eigenvalue weighted by Crippen LogP contribution is 2.41. The van der Waals surface area contributed by atoms with Crippen LogP contribution in [0, 0.1) is 0 Å². The highest BCUT2D eigenvalue weighted by atomic mass is 16.5. The smallest absolute Gasteiger partial charge is 0.163 e. The molecule has 20 heavy (non-hydrogen) atoms. The number of methoxy groups -OCH3 is 1. The first-order chi connectivity index (χ1) is 9.69. The predicted octanol–water partition coefficient (Wildman–Crippen LogP) is 3.57. The van der Waals surface area contributed by atoms with Crippen LogP contribution in [0.3, 0.4) is 0 Å². The Bertz CT molecular complexity index is 647. The number of ether oxygens (including phenoxy) is 2. The number of Topliss-reactive ketones (excluding diaryl/α,β-unsaturated/α-hetero) is 1. The monoisotopic (exact) mass is 268 g/mol. The summed E-state index contributed by atoms with van der Waals surface area (Å²) in [5, 5.41) is 0. The first-order valence-electron chi connectivity index (χ1n) is 6.62. The van der Waals surface area contributed by atoms with E-state index in [9.17, 15) is 4.79 Å². The van der Waals surface area contributed by atoms with Crippen LogP contribution >= 0.6 is 0 Å². The van der Waals surface area contributed by atoms with Gasteiger partial charge in [-0.1, -0.05) is 30.3 Å². The van der Waals surface area contributed by atoms with E-state index in [0.717, 1.165) is 17.5 Å². The van der Waals surface area contributed by atoms with Gasteiger partial charge in [-0.25, -0.2) is 0 Å². The highest BCUT2D eigenvalue weighted by molar-refractivity contribution is 5.98. The van der Waals surface area contributed by atoms with E-state index in [1.165, 1.54) is 0 Å². The summed E-state index contributed by atoms with van der Waals surface area (Å²) in [4.78, 5) is 11.8. The number of hydrogen-bond donors (Lipinski definition) is 0. The van der Waals surface area contributed by atoms with Gasteiger partial charge in [0.15, 0.2) is 5.78 Å². The summed E-state index contributed by atoms with van der Waals surface area (Å²) in [6.07, 6.45) is 0.730. The molecule has 102 valence electrons. The van der Waals surface area contributed by atoms with Gasteiger partial charge in [-0.05, 0) is 24.6 Å². The second-order valence-corrected chi connectivity index (χ2v) is 4.94. The molecule has 1 atom stereocenters. The molecule has 1 unspecified atom stereocenters. The van der Waals surface area contributed by atoms with E-state index in [0.29, 0.717) is 17.1 Å². The Balaban J connectivity index is 2.00. The third-order valence-corrected chi connectivity index (χ3v) is 3.59. The Morgan fingerprint density at radius 1 is 1.25 bits per heavy atom. The molecule has 0 fully saturated rings. The zero-order valence-corrected chi connectivity index (χ0v) is 11.6. The molecule has 0 saturated carbocycles. The first-order valence-corrected chi connectivity index (χ1v) is 6.62. The van der Waals surface area contributed by atoms with Crippen LogP contribution in [0.5, 0.6) is 11.5 Å². The molecular weight excluding hydrogens is 252 g/mol. The van der Waals surface area contributed by atoms with Gasteiger partial charge in [-0.2, -0.15) is 0 Å². The van der Waals surface area contributed by atoms with E-state index >= 15 is 0 Å². The van der Waals surface area contributed by atoms with Crippen molar-refractivity contribution in [3.8, 4) is 11.5 Å². The molecule has 3 heteroatoms. The normalized spacial score (nSPS) is 16.4. The van der Waals surface area contributed by atoms with Gasteiger partial charge in [-0.3, -0.25) is 4.79 Å². The predicted molar refractivity (Wildman–Crippen MR) is 76.5 cm³/mol. The molecule has 0 amide bonds. The Kier molecular flexibility index (Phi) is 3.18. The number of carbonyl (C=O) groups is 1. The number of fused-ring (bicyclic) bond motifs is 1. The molecule has 0 spiro atoms. The molecule has 0 radical (unpaired) electrons. The first kappa shape index (κ1) is 12.7. The van der Waals surface area contributed by atoms with Gasteiger partial charge < -0.3 is 9.47 Å². The minimum absolute atomic E-state index is 0.00568. The Morgan fingerprint density at radius 2 is 2.00 bits per heavy atom. The average molecular weight is 268 g/mol. The van der Waals surface area contributed by atoms with Crippen LogP contribution in [0.2, 0.25) is 0 Å². The lowest BCUT2D eigenvalue weighted by Crippen LogP contribution is -2.03. The molecule has 3 rings (SSSR count). The van der Waals surface area contributed by atoms with Crippen LogP contribution < -0.4 is 9.47 Å². The van der Waals surface area contributed by atoms with Crippen LogP contribution in [0.1, 0.15) is 34.5 Å². The summed E-state index contributed by atoms with van der Waals surface area (Å²) < 4.78 is 11.3. The Hall–Kier alpha value is -2.29. The average Bonchev–Trinajstić information content (AvgIpc) is 2.90. The van der Waals surface area contributed by atoms with E-state index in [4.69, 9.17) is 9.47 Å². The maximum absolute atomic E-state index is 11.8. The van der Waals surface area contributed by atoms with Gasteiger partial charge in [0.05, 0.1) is 12.7 Å². The second-order valence-electron chi connectivity index (χ2n) is 4.94. The summed E-state index contributed by atoms with van der Waals surface area (Å²) in [5.74, 6) is 1.40. The van der Waals surface area contributed by atoms with Gasteiger partial charge >= 0.3 is 0 Å². The van der Waals surface area contributed by atoms with Crippen molar-refractivity contribution in [1.82, 2.24) is 0 Å². The molecule has 1 heterocycles. The number of carbonyl (C=O) groups excluding carboxylic acids is 1. The van der Waals surface area contributed by atoms with Crippen molar-refractivity contribution >= 4 is 5.78 Å². The number of hydrogen-bond acceptors (Lipinski definition) is 3. The van der Waals surface area contributed by atoms with Crippen LogP contribution in [0.25, 0.3) is 0 Å². The topological polar surface area (TPSA) is 35.5 Å². The van der Waals surface area contributed by atoms with E-state index in [1.807, 2.05) is 36.4 Å². The van der Waals surface area contributed by atoms with Crippen molar-refractivity contribution in [3.05, 3.63) is 59.2 Å². The van der Waals surface area contributed by atoms with Crippen molar-refractivity contribution < 1.29 is 14.3 Å². The number of ketones is 1. The lowest BCUT2D eigenvalue weighted by atomic mass is 10.0. The molecule has 0 saturated heterocycles. The molecule has 0 aromatic heterocycles. The fourth-order valence-corrected chi connectivity index (χ4v) is 2.57. The lowest BCUT2D eigenvalue weighted by Gasteiger charge is -2.12. The van der Waals surface area contributed by atoms with Crippen molar-refractivity contribution in [2.24, 2.45) is 0 Å². The quantitative estimate of drug-likeness (QED) is 0.798. The number of rotatable bonds is 3. The number of benzene rings is 2. The van der Waals surface area contributed by atoms with Crippen molar-refractivity contribution in [1.29, 1.82) is 0 Å². The molecule has 1 aliphatic heterocycles. The van der Waals surface area contributed by atoms with Crippen molar-refractivity contribution in [2.75, 3.05) is 7.11 Å². The summed E-state index contributed by atoms with van der Waals surface area (Å²) >= 11 is 0. The summed E-state index contributed by atoms with van der Waals surface area (Å²) in [6, 6.07) is 13.7. The summed E-state index contributed by atoms with van der Waals surface area (Å²) in [7, 11) is 1.61. The third-order valence-electron chi connectivity index (χ3n) is 3.59. The lowest BCUT2D eigenvalue weighted by molar-refractivity contribution is 0.101. The van der Waals surface area contributed by atoms with Gasteiger partial charge in [-0.15, -0.1) is 0 Å². The van der Waals surface area contributed by atoms with Gasteiger partial charge in [0.2, 0.25) is 0 Å². The molecule has 0 aliphatic carbocycles. The summed E-state index contributed by atoms with van der Waals surface area (Å²) in [6.45, 7) is 1.55. The molecule has 2 aromatic rings. The molecule has 1 aliphatic rings. The van der Waals surface area contributed by atoms with Crippen molar-refractivity contribution in [3.63, 3.8) is 0 Å². The fraction of sp³-hybridized carbons (Fsp3) is 0.235. The maximum Gasteiger partial charge on any atom is 0.163 e. The molecule has 0 N–H and O–H groups in total. The molecule has 3 nitrogen and oxygen atoms in total. The van der Waals surface area contributed by atoms with E-state index < -0.39 is 0 Å². The van der Waals surface area contributed by atoms with Crippen LogP contribution in [-0.4, -0.2) is 12.9 Å². The standard InChI is InChI=1S/C17H16O3/c1-11(18)15-10-14(19-2)8-13-9-16(20-17(13)15)12-6-4-3-5-7-12/h3-8,10,16H,9H2,1-2H3. The van der Waals surface area contributed by atoms with E-state index in [-0.39, 0.29) is 11.9 Å². The zero-order valence-electron chi connectivity index (χ0n) is 11.6. The summed E-state index contributed by atoms with van der Waals surface area (Å²) in [5.41, 5.74) is 2.75. The van der Waals surface area contributed by atoms with E-state index in [2.05, 4.69) is 0 Å². The molecular formula is C17H16O3. The largest absolute Gasteiger partial charge is 0.497 e. The zero-order chi connectivity index (χ0) is 14.1. The van der Waals surface area contributed by atoms with Crippen molar-refractivity contribution in [2.45, 2.75) is 19.4 Å². The van der Waals surface area contributed by atoms with Gasteiger partial charge in [0.25, 0.3) is 0 Å². The maximum atomic E-state index is 11.8. The Labute approximate surface area is 118 Å². The Morgan fingerprint density at radius 3 is 2.65 bits per heavy atom. The van der Waals surface area contributed by atoms with Crippen LogP contribution in [-0.2, 0) is 6.42 Å². The second kappa shape index (κ2) is 5.00. The van der Waals surface area contributed by atoms with Crippen LogP contribution in [0.15, 0.2) is 42.5 Å². The van der Waals surface area contributed by atoms with E-state index in [1.54, 1.807) is 20.1 Å². The molecule has 2 aromatic carbocycles. The van der Waals surface area contributed by atoms with Gasteiger partial charge in [0, 0.05) is 12.0 Å². The highest BCUT2D eigenvalue weighted by Gasteiger charge is 2.28. The van der Waals surface area contributed by atoms with Crippen LogP contribution in [0.4, 0.5) is 0 Å². The molecule has 0 bridgehead atoms. The third kappa shape index (κ3) is 2.16. The SMILES string of the molecule is COc1cc2c(c(C(C)=O)c1)OC(c1ccccc1)C2. The minimum atomic E-state index is -0.0311. The fourth-order valence-electron chi connectivity index (χ4n) is 2.57. The van der Waals surface area contributed by atoms with Gasteiger partial charge in [0.1, 0.15) is 17.6 Å². The minimum Gasteiger partial charge on any atom is -0.497 e.